The van der Waals surface area contributed by atoms with Crippen LogP contribution < -0.4 is 15.5 Å². The maximum atomic E-state index is 12.5. The Morgan fingerprint density at radius 3 is 2.36 bits per heavy atom. The molecule has 0 saturated heterocycles. The van der Waals surface area contributed by atoms with E-state index in [-0.39, 0.29) is 11.8 Å². The number of anilines is 2. The van der Waals surface area contributed by atoms with Crippen molar-refractivity contribution in [3.63, 3.8) is 0 Å². The SMILES string of the molecule is CC(=O)N(C)c1ccc(NC(=O)c2ccc3c(c2)CCNCC3)cc1. The van der Waals surface area contributed by atoms with Gasteiger partial charge < -0.3 is 15.5 Å². The smallest absolute Gasteiger partial charge is 0.255 e. The lowest BCUT2D eigenvalue weighted by Crippen LogP contribution is -2.22. The molecule has 0 aliphatic carbocycles. The van der Waals surface area contributed by atoms with E-state index in [4.69, 9.17) is 0 Å². The number of fused-ring (bicyclic) bond motifs is 1. The molecule has 2 aromatic carbocycles. The van der Waals surface area contributed by atoms with Gasteiger partial charge in [-0.15, -0.1) is 0 Å². The Labute approximate surface area is 148 Å². The highest BCUT2D eigenvalue weighted by Crippen LogP contribution is 2.19. The zero-order valence-electron chi connectivity index (χ0n) is 14.6. The summed E-state index contributed by atoms with van der Waals surface area (Å²) in [7, 11) is 1.72. The second-order valence-electron chi connectivity index (χ2n) is 6.31. The topological polar surface area (TPSA) is 61.4 Å². The molecule has 0 spiro atoms. The van der Waals surface area contributed by atoms with Gasteiger partial charge in [-0.1, -0.05) is 6.07 Å². The summed E-state index contributed by atoms with van der Waals surface area (Å²) in [5, 5.41) is 6.29. The number of carbonyl (C=O) groups excluding carboxylic acids is 2. The predicted molar refractivity (Wildman–Crippen MR) is 100 cm³/mol. The monoisotopic (exact) mass is 337 g/mol. The van der Waals surface area contributed by atoms with Crippen LogP contribution in [-0.4, -0.2) is 32.0 Å². The van der Waals surface area contributed by atoms with Crippen LogP contribution in [0.4, 0.5) is 11.4 Å². The van der Waals surface area contributed by atoms with Crippen molar-refractivity contribution >= 4 is 23.2 Å². The van der Waals surface area contributed by atoms with Crippen molar-refractivity contribution < 1.29 is 9.59 Å². The molecule has 2 aromatic rings. The molecule has 5 nitrogen and oxygen atoms in total. The van der Waals surface area contributed by atoms with Gasteiger partial charge in [-0.25, -0.2) is 0 Å². The van der Waals surface area contributed by atoms with Crippen LogP contribution in [0.3, 0.4) is 0 Å². The van der Waals surface area contributed by atoms with Crippen LogP contribution in [0.5, 0.6) is 0 Å². The number of nitrogens with zero attached hydrogens (tertiary/aromatic N) is 1. The molecule has 2 N–H and O–H groups in total. The van der Waals surface area contributed by atoms with E-state index in [0.29, 0.717) is 11.3 Å². The number of benzene rings is 2. The first-order valence-electron chi connectivity index (χ1n) is 8.53. The Morgan fingerprint density at radius 1 is 1.00 bits per heavy atom. The standard InChI is InChI=1S/C20H23N3O2/c1-14(24)23(2)19-7-5-18(6-8-19)22-20(25)17-4-3-15-9-11-21-12-10-16(15)13-17/h3-8,13,21H,9-12H2,1-2H3,(H,22,25). The molecular formula is C20H23N3O2. The zero-order valence-corrected chi connectivity index (χ0v) is 14.6. The summed E-state index contributed by atoms with van der Waals surface area (Å²) in [4.78, 5) is 25.5. The first kappa shape index (κ1) is 17.2. The second-order valence-corrected chi connectivity index (χ2v) is 6.31. The Hall–Kier alpha value is -2.66. The molecule has 0 radical (unpaired) electrons. The van der Waals surface area contributed by atoms with E-state index in [2.05, 4.69) is 16.7 Å². The zero-order chi connectivity index (χ0) is 17.8. The Kier molecular flexibility index (Phi) is 5.14. The Balaban J connectivity index is 1.72. The minimum atomic E-state index is -0.118. The maximum absolute atomic E-state index is 12.5. The number of hydrogen-bond acceptors (Lipinski definition) is 3. The fourth-order valence-electron chi connectivity index (χ4n) is 2.97. The summed E-state index contributed by atoms with van der Waals surface area (Å²) < 4.78 is 0. The van der Waals surface area contributed by atoms with Crippen LogP contribution >= 0.6 is 0 Å². The molecular weight excluding hydrogens is 314 g/mol. The third-order valence-corrected chi connectivity index (χ3v) is 4.60. The summed E-state index contributed by atoms with van der Waals surface area (Å²) in [5.41, 5.74) is 4.74. The van der Waals surface area contributed by atoms with E-state index < -0.39 is 0 Å². The molecule has 0 saturated carbocycles. The summed E-state index contributed by atoms with van der Waals surface area (Å²) in [6.07, 6.45) is 1.95. The summed E-state index contributed by atoms with van der Waals surface area (Å²) >= 11 is 0. The highest BCUT2D eigenvalue weighted by Gasteiger charge is 2.12. The second kappa shape index (κ2) is 7.49. The molecule has 130 valence electrons. The molecule has 0 unspecified atom stereocenters. The number of amides is 2. The van der Waals surface area contributed by atoms with Crippen LogP contribution in [0, 0.1) is 0 Å². The van der Waals surface area contributed by atoms with Crippen molar-refractivity contribution in [3.8, 4) is 0 Å². The van der Waals surface area contributed by atoms with Gasteiger partial charge in [0.15, 0.2) is 0 Å². The van der Waals surface area contributed by atoms with E-state index in [9.17, 15) is 9.59 Å². The van der Waals surface area contributed by atoms with Crippen molar-refractivity contribution in [3.05, 3.63) is 59.2 Å². The van der Waals surface area contributed by atoms with Gasteiger partial charge >= 0.3 is 0 Å². The average Bonchev–Trinajstić information content (AvgIpc) is 2.86. The van der Waals surface area contributed by atoms with Crippen molar-refractivity contribution in [1.82, 2.24) is 5.32 Å². The summed E-state index contributed by atoms with van der Waals surface area (Å²) in [6.45, 7) is 3.45. The summed E-state index contributed by atoms with van der Waals surface area (Å²) in [6, 6.07) is 13.2. The molecule has 1 heterocycles. The largest absolute Gasteiger partial charge is 0.322 e. The molecule has 1 aliphatic rings. The van der Waals surface area contributed by atoms with E-state index >= 15 is 0 Å². The lowest BCUT2D eigenvalue weighted by Gasteiger charge is -2.15. The van der Waals surface area contributed by atoms with Crippen LogP contribution in [0.15, 0.2) is 42.5 Å². The van der Waals surface area contributed by atoms with Crippen LogP contribution in [0.2, 0.25) is 0 Å². The Morgan fingerprint density at radius 2 is 1.68 bits per heavy atom. The number of rotatable bonds is 3. The predicted octanol–water partition coefficient (Wildman–Crippen LogP) is 2.61. The van der Waals surface area contributed by atoms with E-state index in [1.54, 1.807) is 24.1 Å². The van der Waals surface area contributed by atoms with Crippen molar-refractivity contribution in [2.45, 2.75) is 19.8 Å². The minimum absolute atomic E-state index is 0.0312. The van der Waals surface area contributed by atoms with Crippen molar-refractivity contribution in [1.29, 1.82) is 0 Å². The lowest BCUT2D eigenvalue weighted by molar-refractivity contribution is -0.116. The van der Waals surface area contributed by atoms with Gasteiger partial charge in [-0.05, 0) is 73.5 Å². The number of carbonyl (C=O) groups is 2. The summed E-state index contributed by atoms with van der Waals surface area (Å²) in [5.74, 6) is -0.149. The van der Waals surface area contributed by atoms with E-state index in [1.807, 2.05) is 24.3 Å². The van der Waals surface area contributed by atoms with Gasteiger partial charge in [-0.2, -0.15) is 0 Å². The first-order chi connectivity index (χ1) is 12.0. The fraction of sp³-hybridized carbons (Fsp3) is 0.300. The lowest BCUT2D eigenvalue weighted by atomic mass is 10.00. The molecule has 0 bridgehead atoms. The van der Waals surface area contributed by atoms with Gasteiger partial charge in [0.25, 0.3) is 5.91 Å². The molecule has 5 heteroatoms. The van der Waals surface area contributed by atoms with Gasteiger partial charge in [0.2, 0.25) is 5.91 Å². The third kappa shape index (κ3) is 4.06. The molecule has 1 aliphatic heterocycles. The van der Waals surface area contributed by atoms with Gasteiger partial charge in [0.05, 0.1) is 0 Å². The van der Waals surface area contributed by atoms with E-state index in [1.165, 1.54) is 18.1 Å². The molecule has 25 heavy (non-hydrogen) atoms. The molecule has 0 atom stereocenters. The number of nitrogens with one attached hydrogen (secondary N) is 2. The van der Waals surface area contributed by atoms with Crippen LogP contribution in [-0.2, 0) is 17.6 Å². The maximum Gasteiger partial charge on any atom is 0.255 e. The van der Waals surface area contributed by atoms with Gasteiger partial charge in [-0.3, -0.25) is 9.59 Å². The Bertz CT molecular complexity index is 784. The van der Waals surface area contributed by atoms with Crippen LogP contribution in [0.1, 0.15) is 28.4 Å². The first-order valence-corrected chi connectivity index (χ1v) is 8.53. The molecule has 0 fully saturated rings. The van der Waals surface area contributed by atoms with Crippen LogP contribution in [0.25, 0.3) is 0 Å². The minimum Gasteiger partial charge on any atom is -0.322 e. The van der Waals surface area contributed by atoms with E-state index in [0.717, 1.165) is 31.6 Å². The van der Waals surface area contributed by atoms with Gasteiger partial charge in [0, 0.05) is 30.9 Å². The highest BCUT2D eigenvalue weighted by molar-refractivity contribution is 6.04. The normalized spacial score (nSPS) is 13.5. The average molecular weight is 337 g/mol. The third-order valence-electron chi connectivity index (χ3n) is 4.60. The van der Waals surface area contributed by atoms with Crippen molar-refractivity contribution in [2.24, 2.45) is 0 Å². The molecule has 3 rings (SSSR count). The van der Waals surface area contributed by atoms with Gasteiger partial charge in [0.1, 0.15) is 0 Å². The quantitative estimate of drug-likeness (QED) is 0.905. The molecule has 0 aromatic heterocycles. The fourth-order valence-corrected chi connectivity index (χ4v) is 2.97. The number of hydrogen-bond donors (Lipinski definition) is 2. The highest BCUT2D eigenvalue weighted by atomic mass is 16.2. The molecule has 2 amide bonds. The van der Waals surface area contributed by atoms with Crippen molar-refractivity contribution in [2.75, 3.05) is 30.4 Å².